The third-order valence-corrected chi connectivity index (χ3v) is 5.00. The smallest absolute Gasteiger partial charge is 0.0931 e. The fraction of sp³-hybridized carbons (Fsp3) is 0.400. The van der Waals surface area contributed by atoms with Crippen LogP contribution in [0.3, 0.4) is 0 Å². The van der Waals surface area contributed by atoms with E-state index in [1.54, 1.807) is 11.3 Å². The second kappa shape index (κ2) is 6.16. The second-order valence-electron chi connectivity index (χ2n) is 5.03. The van der Waals surface area contributed by atoms with Crippen LogP contribution < -0.4 is 5.32 Å². The third kappa shape index (κ3) is 3.65. The maximum atomic E-state index is 4.43. The zero-order valence-electron chi connectivity index (χ0n) is 10.7. The van der Waals surface area contributed by atoms with Gasteiger partial charge in [-0.3, -0.25) is 0 Å². The van der Waals surface area contributed by atoms with Crippen molar-refractivity contribution in [2.45, 2.75) is 31.2 Å². The maximum Gasteiger partial charge on any atom is 0.0931 e. The number of hydrogen-bond acceptors (Lipinski definition) is 3. The van der Waals surface area contributed by atoms with E-state index in [9.17, 15) is 0 Å². The van der Waals surface area contributed by atoms with Gasteiger partial charge in [-0.2, -0.15) is 0 Å². The zero-order valence-corrected chi connectivity index (χ0v) is 13.1. The first-order valence-electron chi connectivity index (χ1n) is 6.69. The number of nitrogens with one attached hydrogen (secondary N) is 1. The van der Waals surface area contributed by atoms with Gasteiger partial charge in [-0.15, -0.1) is 11.3 Å². The molecule has 19 heavy (non-hydrogen) atoms. The SMILES string of the molecule is Brc1ccccc1C(CNC1CC1)Cc1nccs1. The van der Waals surface area contributed by atoms with E-state index < -0.39 is 0 Å². The monoisotopic (exact) mass is 336 g/mol. The Hall–Kier alpha value is -0.710. The molecule has 2 nitrogen and oxygen atoms in total. The topological polar surface area (TPSA) is 24.9 Å². The Labute approximate surface area is 126 Å². The normalized spacial score (nSPS) is 16.5. The van der Waals surface area contributed by atoms with Gasteiger partial charge in [-0.25, -0.2) is 4.98 Å². The molecule has 0 aliphatic heterocycles. The number of nitrogens with zero attached hydrogens (tertiary/aromatic N) is 1. The molecule has 1 unspecified atom stereocenters. The number of thiazole rings is 1. The first kappa shape index (κ1) is 13.3. The highest BCUT2D eigenvalue weighted by molar-refractivity contribution is 9.10. The van der Waals surface area contributed by atoms with Gasteiger partial charge in [0.25, 0.3) is 0 Å². The molecule has 3 rings (SSSR count). The van der Waals surface area contributed by atoms with Crippen molar-refractivity contribution in [1.29, 1.82) is 0 Å². The van der Waals surface area contributed by atoms with Gasteiger partial charge in [-0.1, -0.05) is 34.1 Å². The molecule has 1 N–H and O–H groups in total. The van der Waals surface area contributed by atoms with Crippen LogP contribution in [-0.2, 0) is 6.42 Å². The van der Waals surface area contributed by atoms with E-state index in [1.807, 2.05) is 6.20 Å². The van der Waals surface area contributed by atoms with E-state index in [4.69, 9.17) is 0 Å². The van der Waals surface area contributed by atoms with Crippen LogP contribution in [0.2, 0.25) is 0 Å². The molecule has 100 valence electrons. The van der Waals surface area contributed by atoms with E-state index in [0.29, 0.717) is 5.92 Å². The zero-order chi connectivity index (χ0) is 13.1. The van der Waals surface area contributed by atoms with Gasteiger partial charge in [0.15, 0.2) is 0 Å². The summed E-state index contributed by atoms with van der Waals surface area (Å²) in [5, 5.41) is 6.93. The number of hydrogen-bond donors (Lipinski definition) is 1. The summed E-state index contributed by atoms with van der Waals surface area (Å²) in [5.74, 6) is 0.488. The van der Waals surface area contributed by atoms with E-state index >= 15 is 0 Å². The molecule has 0 saturated heterocycles. The van der Waals surface area contributed by atoms with Crippen molar-refractivity contribution in [3.05, 3.63) is 50.9 Å². The second-order valence-corrected chi connectivity index (χ2v) is 6.86. The summed E-state index contributed by atoms with van der Waals surface area (Å²) in [6.07, 6.45) is 5.57. The van der Waals surface area contributed by atoms with Crippen LogP contribution >= 0.6 is 27.3 Å². The van der Waals surface area contributed by atoms with Gasteiger partial charge in [0.05, 0.1) is 5.01 Å². The maximum absolute atomic E-state index is 4.43. The molecule has 0 radical (unpaired) electrons. The molecule has 1 fully saturated rings. The Balaban J connectivity index is 1.76. The van der Waals surface area contributed by atoms with Crippen LogP contribution in [0.5, 0.6) is 0 Å². The molecule has 1 atom stereocenters. The Morgan fingerprint density at radius 1 is 1.37 bits per heavy atom. The van der Waals surface area contributed by atoms with Crippen molar-refractivity contribution < 1.29 is 0 Å². The highest BCUT2D eigenvalue weighted by Gasteiger charge is 2.23. The minimum absolute atomic E-state index is 0.488. The Morgan fingerprint density at radius 3 is 2.89 bits per heavy atom. The van der Waals surface area contributed by atoms with Crippen molar-refractivity contribution in [3.8, 4) is 0 Å². The van der Waals surface area contributed by atoms with Crippen LogP contribution in [0.4, 0.5) is 0 Å². The lowest BCUT2D eigenvalue weighted by atomic mass is 9.96. The minimum atomic E-state index is 0.488. The highest BCUT2D eigenvalue weighted by Crippen LogP contribution is 2.29. The van der Waals surface area contributed by atoms with E-state index in [1.165, 1.54) is 27.9 Å². The third-order valence-electron chi connectivity index (χ3n) is 3.48. The molecule has 0 amide bonds. The lowest BCUT2D eigenvalue weighted by molar-refractivity contribution is 0.574. The molecule has 4 heteroatoms. The molecule has 0 bridgehead atoms. The number of rotatable bonds is 6. The van der Waals surface area contributed by atoms with Gasteiger partial charge in [0.1, 0.15) is 0 Å². The van der Waals surface area contributed by atoms with Crippen LogP contribution in [0.15, 0.2) is 40.3 Å². The van der Waals surface area contributed by atoms with Gasteiger partial charge in [-0.05, 0) is 24.5 Å². The lowest BCUT2D eigenvalue weighted by Crippen LogP contribution is -2.25. The average molecular weight is 337 g/mol. The predicted molar refractivity (Wildman–Crippen MR) is 83.7 cm³/mol. The number of aromatic nitrogens is 1. The molecule has 1 aromatic heterocycles. The van der Waals surface area contributed by atoms with Crippen molar-refractivity contribution in [2.75, 3.05) is 6.54 Å². The van der Waals surface area contributed by atoms with Crippen molar-refractivity contribution in [3.63, 3.8) is 0 Å². The summed E-state index contributed by atoms with van der Waals surface area (Å²) in [6.45, 7) is 1.03. The fourth-order valence-corrected chi connectivity index (χ4v) is 3.57. The van der Waals surface area contributed by atoms with Crippen molar-refractivity contribution >= 4 is 27.3 Å². The van der Waals surface area contributed by atoms with Crippen LogP contribution in [0.1, 0.15) is 29.3 Å². The number of halogens is 1. The van der Waals surface area contributed by atoms with Crippen LogP contribution in [0, 0.1) is 0 Å². The first-order valence-corrected chi connectivity index (χ1v) is 8.36. The quantitative estimate of drug-likeness (QED) is 0.862. The van der Waals surface area contributed by atoms with E-state index in [2.05, 4.69) is 55.9 Å². The first-order chi connectivity index (χ1) is 9.33. The van der Waals surface area contributed by atoms with Gasteiger partial charge >= 0.3 is 0 Å². The Kier molecular flexibility index (Phi) is 4.31. The molecule has 1 aliphatic rings. The summed E-state index contributed by atoms with van der Waals surface area (Å²) in [6, 6.07) is 9.29. The molecule has 1 heterocycles. The van der Waals surface area contributed by atoms with Gasteiger partial charge in [0, 0.05) is 41.0 Å². The Bertz CT molecular complexity index is 523. The molecule has 1 aromatic carbocycles. The summed E-state index contributed by atoms with van der Waals surface area (Å²) >= 11 is 5.43. The number of benzene rings is 1. The Morgan fingerprint density at radius 2 is 2.21 bits per heavy atom. The minimum Gasteiger partial charge on any atom is -0.313 e. The van der Waals surface area contributed by atoms with Crippen LogP contribution in [0.25, 0.3) is 0 Å². The van der Waals surface area contributed by atoms with Gasteiger partial charge in [0.2, 0.25) is 0 Å². The molecular formula is C15H17BrN2S. The molecule has 0 spiro atoms. The van der Waals surface area contributed by atoms with Crippen LogP contribution in [-0.4, -0.2) is 17.6 Å². The van der Waals surface area contributed by atoms with Gasteiger partial charge < -0.3 is 5.32 Å². The van der Waals surface area contributed by atoms with Crippen molar-refractivity contribution in [2.24, 2.45) is 0 Å². The highest BCUT2D eigenvalue weighted by atomic mass is 79.9. The summed E-state index contributed by atoms with van der Waals surface area (Å²) in [5.41, 5.74) is 1.38. The fourth-order valence-electron chi connectivity index (χ4n) is 2.26. The predicted octanol–water partition coefficient (Wildman–Crippen LogP) is 3.98. The molecule has 1 saturated carbocycles. The largest absolute Gasteiger partial charge is 0.313 e. The molecule has 1 aliphatic carbocycles. The summed E-state index contributed by atoms with van der Waals surface area (Å²) in [7, 11) is 0. The average Bonchev–Trinajstić information content (AvgIpc) is 3.11. The molecular weight excluding hydrogens is 320 g/mol. The van der Waals surface area contributed by atoms with Crippen molar-refractivity contribution in [1.82, 2.24) is 10.3 Å². The summed E-state index contributed by atoms with van der Waals surface area (Å²) in [4.78, 5) is 4.43. The summed E-state index contributed by atoms with van der Waals surface area (Å²) < 4.78 is 1.20. The van der Waals surface area contributed by atoms with E-state index in [-0.39, 0.29) is 0 Å². The standard InChI is InChI=1S/C15H17BrN2S/c16-14-4-2-1-3-13(14)11(10-18-12-5-6-12)9-15-17-7-8-19-15/h1-4,7-8,11-12,18H,5-6,9-10H2. The molecule has 2 aromatic rings. The lowest BCUT2D eigenvalue weighted by Gasteiger charge is -2.18. The van der Waals surface area contributed by atoms with E-state index in [0.717, 1.165) is 19.0 Å².